The summed E-state index contributed by atoms with van der Waals surface area (Å²) in [6.45, 7) is 2.69. The van der Waals surface area contributed by atoms with Crippen molar-refractivity contribution in [1.29, 1.82) is 0 Å². The molecule has 5 heteroatoms. The Labute approximate surface area is 108 Å². The predicted octanol–water partition coefficient (Wildman–Crippen LogP) is 1.39. The average Bonchev–Trinajstić information content (AvgIpc) is 2.47. The summed E-state index contributed by atoms with van der Waals surface area (Å²) in [5, 5.41) is 3.32. The summed E-state index contributed by atoms with van der Waals surface area (Å²) < 4.78 is 28.9. The van der Waals surface area contributed by atoms with Gasteiger partial charge in [-0.25, -0.2) is 8.42 Å². The minimum absolute atomic E-state index is 0.120. The molecule has 0 saturated carbocycles. The second-order valence-corrected chi connectivity index (χ2v) is 7.07. The van der Waals surface area contributed by atoms with Crippen molar-refractivity contribution in [3.8, 4) is 5.75 Å². The molecule has 1 aromatic carbocycles. The van der Waals surface area contributed by atoms with Crippen molar-refractivity contribution in [3.05, 3.63) is 29.8 Å². The molecule has 18 heavy (non-hydrogen) atoms. The van der Waals surface area contributed by atoms with Gasteiger partial charge in [-0.15, -0.1) is 0 Å². The highest BCUT2D eigenvalue weighted by molar-refractivity contribution is 7.91. The van der Waals surface area contributed by atoms with Gasteiger partial charge >= 0.3 is 0 Å². The van der Waals surface area contributed by atoms with Gasteiger partial charge in [-0.1, -0.05) is 19.1 Å². The van der Waals surface area contributed by atoms with Gasteiger partial charge in [0.15, 0.2) is 9.84 Å². The fourth-order valence-corrected chi connectivity index (χ4v) is 4.21. The van der Waals surface area contributed by atoms with Gasteiger partial charge in [0.2, 0.25) is 0 Å². The first kappa shape index (κ1) is 13.4. The van der Waals surface area contributed by atoms with Crippen LogP contribution in [0.25, 0.3) is 0 Å². The average molecular weight is 269 g/mol. The fraction of sp³-hybridized carbons (Fsp3) is 0.538. The number of rotatable bonds is 2. The molecule has 100 valence electrons. The lowest BCUT2D eigenvalue weighted by molar-refractivity contribution is 0.414. The summed E-state index contributed by atoms with van der Waals surface area (Å²) in [6.07, 6.45) is 0. The molecule has 0 spiro atoms. The van der Waals surface area contributed by atoms with Gasteiger partial charge in [0, 0.05) is 6.04 Å². The molecule has 1 aliphatic heterocycles. The zero-order valence-electron chi connectivity index (χ0n) is 10.7. The third kappa shape index (κ3) is 3.23. The molecule has 1 aliphatic rings. The standard InChI is InChI=1S/C13H19NO3S/c1-10-7-14-13(9-18(15,16)8-10)11-3-5-12(17-2)6-4-11/h3-6,10,13-14H,7-9H2,1-2H3. The third-order valence-electron chi connectivity index (χ3n) is 3.19. The van der Waals surface area contributed by atoms with Crippen LogP contribution in [-0.4, -0.2) is 33.6 Å². The van der Waals surface area contributed by atoms with Gasteiger partial charge < -0.3 is 10.1 Å². The summed E-state index contributed by atoms with van der Waals surface area (Å²) in [4.78, 5) is 0. The SMILES string of the molecule is COc1ccc(C2CS(=O)(=O)CC(C)CN2)cc1. The summed E-state index contributed by atoms with van der Waals surface area (Å²) in [5.41, 5.74) is 0.994. The number of benzene rings is 1. The molecule has 0 radical (unpaired) electrons. The summed E-state index contributed by atoms with van der Waals surface area (Å²) >= 11 is 0. The maximum absolute atomic E-state index is 11.9. The van der Waals surface area contributed by atoms with E-state index >= 15 is 0 Å². The largest absolute Gasteiger partial charge is 0.497 e. The minimum atomic E-state index is -2.98. The first-order valence-corrected chi connectivity index (χ1v) is 7.90. The zero-order valence-corrected chi connectivity index (χ0v) is 11.5. The van der Waals surface area contributed by atoms with Crippen molar-refractivity contribution in [2.75, 3.05) is 25.2 Å². The van der Waals surface area contributed by atoms with E-state index in [0.717, 1.165) is 17.9 Å². The number of hydrogen-bond donors (Lipinski definition) is 1. The second kappa shape index (κ2) is 5.28. The highest BCUT2D eigenvalue weighted by Gasteiger charge is 2.26. The Hall–Kier alpha value is -1.07. The molecule has 0 aromatic heterocycles. The van der Waals surface area contributed by atoms with Crippen molar-refractivity contribution in [1.82, 2.24) is 5.32 Å². The Morgan fingerprint density at radius 3 is 2.50 bits per heavy atom. The Morgan fingerprint density at radius 2 is 1.89 bits per heavy atom. The predicted molar refractivity (Wildman–Crippen MR) is 71.6 cm³/mol. The van der Waals surface area contributed by atoms with Gasteiger partial charge in [0.05, 0.1) is 18.6 Å². The van der Waals surface area contributed by atoms with E-state index in [0.29, 0.717) is 0 Å². The molecule has 1 saturated heterocycles. The molecular formula is C13H19NO3S. The van der Waals surface area contributed by atoms with E-state index in [2.05, 4.69) is 5.32 Å². The molecule has 0 amide bonds. The van der Waals surface area contributed by atoms with Crippen LogP contribution in [0.15, 0.2) is 24.3 Å². The van der Waals surface area contributed by atoms with E-state index in [1.807, 2.05) is 31.2 Å². The quantitative estimate of drug-likeness (QED) is 0.881. The maximum atomic E-state index is 11.9. The number of methoxy groups -OCH3 is 1. The van der Waals surface area contributed by atoms with Crippen LogP contribution in [0.4, 0.5) is 0 Å². The van der Waals surface area contributed by atoms with Crippen LogP contribution >= 0.6 is 0 Å². The van der Waals surface area contributed by atoms with Crippen molar-refractivity contribution in [2.45, 2.75) is 13.0 Å². The molecular weight excluding hydrogens is 250 g/mol. The first-order valence-electron chi connectivity index (χ1n) is 6.08. The zero-order chi connectivity index (χ0) is 13.2. The van der Waals surface area contributed by atoms with Gasteiger partial charge in [-0.2, -0.15) is 0 Å². The lowest BCUT2D eigenvalue weighted by Gasteiger charge is -2.16. The van der Waals surface area contributed by atoms with E-state index in [4.69, 9.17) is 4.74 Å². The molecule has 0 bridgehead atoms. The van der Waals surface area contributed by atoms with Crippen LogP contribution in [0.3, 0.4) is 0 Å². The summed E-state index contributed by atoms with van der Waals surface area (Å²) in [7, 11) is -1.36. The van der Waals surface area contributed by atoms with Crippen LogP contribution in [0.2, 0.25) is 0 Å². The highest BCUT2D eigenvalue weighted by atomic mass is 32.2. The lowest BCUT2D eigenvalue weighted by atomic mass is 10.1. The Bertz CT molecular complexity index is 495. The van der Waals surface area contributed by atoms with Crippen LogP contribution in [-0.2, 0) is 9.84 Å². The second-order valence-electron chi connectivity index (χ2n) is 4.92. The topological polar surface area (TPSA) is 55.4 Å². The van der Waals surface area contributed by atoms with E-state index in [9.17, 15) is 8.42 Å². The third-order valence-corrected chi connectivity index (χ3v) is 5.11. The molecule has 4 nitrogen and oxygen atoms in total. The van der Waals surface area contributed by atoms with Crippen LogP contribution in [0.1, 0.15) is 18.5 Å². The molecule has 2 rings (SSSR count). The highest BCUT2D eigenvalue weighted by Crippen LogP contribution is 2.22. The molecule has 1 heterocycles. The molecule has 2 unspecified atom stereocenters. The summed E-state index contributed by atoms with van der Waals surface area (Å²) in [5.74, 6) is 1.39. The Balaban J connectivity index is 2.21. The number of hydrogen-bond acceptors (Lipinski definition) is 4. The van der Waals surface area contributed by atoms with Gasteiger partial charge in [-0.05, 0) is 30.2 Å². The molecule has 1 fully saturated rings. The van der Waals surface area contributed by atoms with Crippen molar-refractivity contribution in [3.63, 3.8) is 0 Å². The van der Waals surface area contributed by atoms with Gasteiger partial charge in [-0.3, -0.25) is 0 Å². The number of nitrogens with one attached hydrogen (secondary N) is 1. The molecule has 1 aromatic rings. The van der Waals surface area contributed by atoms with Crippen LogP contribution in [0, 0.1) is 5.92 Å². The molecule has 1 N–H and O–H groups in total. The van der Waals surface area contributed by atoms with E-state index in [-0.39, 0.29) is 23.5 Å². The monoisotopic (exact) mass is 269 g/mol. The summed E-state index contributed by atoms with van der Waals surface area (Å²) in [6, 6.07) is 7.44. The Kier molecular flexibility index (Phi) is 3.92. The van der Waals surface area contributed by atoms with Crippen LogP contribution in [0.5, 0.6) is 5.75 Å². The van der Waals surface area contributed by atoms with E-state index in [1.54, 1.807) is 7.11 Å². The van der Waals surface area contributed by atoms with E-state index < -0.39 is 9.84 Å². The molecule has 2 atom stereocenters. The normalized spacial score (nSPS) is 27.4. The number of ether oxygens (including phenoxy) is 1. The lowest BCUT2D eigenvalue weighted by Crippen LogP contribution is -2.26. The van der Waals surface area contributed by atoms with Crippen molar-refractivity contribution >= 4 is 9.84 Å². The Morgan fingerprint density at radius 1 is 1.22 bits per heavy atom. The number of sulfone groups is 1. The fourth-order valence-electron chi connectivity index (χ4n) is 2.27. The van der Waals surface area contributed by atoms with E-state index in [1.165, 1.54) is 0 Å². The molecule has 0 aliphatic carbocycles. The van der Waals surface area contributed by atoms with Crippen molar-refractivity contribution in [2.24, 2.45) is 5.92 Å². The maximum Gasteiger partial charge on any atom is 0.152 e. The minimum Gasteiger partial charge on any atom is -0.497 e. The smallest absolute Gasteiger partial charge is 0.152 e. The van der Waals surface area contributed by atoms with Crippen molar-refractivity contribution < 1.29 is 13.2 Å². The van der Waals surface area contributed by atoms with Gasteiger partial charge in [0.25, 0.3) is 0 Å². The van der Waals surface area contributed by atoms with Crippen LogP contribution < -0.4 is 10.1 Å². The first-order chi connectivity index (χ1) is 8.50. The van der Waals surface area contributed by atoms with Gasteiger partial charge in [0.1, 0.15) is 5.75 Å².